The first kappa shape index (κ1) is 31.6. The van der Waals surface area contributed by atoms with Crippen LogP contribution in [0.4, 0.5) is 5.69 Å². The predicted octanol–water partition coefficient (Wildman–Crippen LogP) is 10.4. The van der Waals surface area contributed by atoms with E-state index in [0.717, 1.165) is 68.3 Å². The molecule has 6 rings (SSSR count). The highest BCUT2D eigenvalue weighted by Crippen LogP contribution is 2.38. The average molecular weight is 619 g/mol. The Bertz CT molecular complexity index is 2110. The van der Waals surface area contributed by atoms with E-state index in [9.17, 15) is 5.11 Å². The number of para-hydroxylation sites is 3. The van der Waals surface area contributed by atoms with Crippen molar-refractivity contribution in [3.63, 3.8) is 0 Å². The van der Waals surface area contributed by atoms with E-state index in [0.29, 0.717) is 5.56 Å². The number of aryl methyl sites for hydroxylation is 1. The number of hydrogen-bond donors (Lipinski definition) is 1. The van der Waals surface area contributed by atoms with Crippen LogP contribution < -0.4 is 4.90 Å². The van der Waals surface area contributed by atoms with Gasteiger partial charge in [0.05, 0.1) is 22.3 Å². The van der Waals surface area contributed by atoms with Gasteiger partial charge in [-0.15, -0.1) is 0 Å². The van der Waals surface area contributed by atoms with Crippen molar-refractivity contribution in [2.45, 2.75) is 40.0 Å². The zero-order valence-electron chi connectivity index (χ0n) is 28.1. The van der Waals surface area contributed by atoms with Crippen molar-refractivity contribution in [1.82, 2.24) is 14.5 Å². The van der Waals surface area contributed by atoms with E-state index in [4.69, 9.17) is 9.97 Å². The molecule has 0 fully saturated rings. The van der Waals surface area contributed by atoms with Crippen molar-refractivity contribution in [2.24, 2.45) is 7.05 Å². The van der Waals surface area contributed by atoms with Crippen LogP contribution in [0.3, 0.4) is 0 Å². The summed E-state index contributed by atoms with van der Waals surface area (Å²) in [7, 11) is 2.00. The number of phenols is 1. The Balaban J connectivity index is 1.50. The molecule has 236 valence electrons. The van der Waals surface area contributed by atoms with Gasteiger partial charge in [0.15, 0.2) is 0 Å². The molecule has 0 radical (unpaired) electrons. The van der Waals surface area contributed by atoms with Crippen molar-refractivity contribution in [2.75, 3.05) is 11.4 Å². The van der Waals surface area contributed by atoms with Gasteiger partial charge in [-0.1, -0.05) is 82.0 Å². The first-order valence-corrected chi connectivity index (χ1v) is 16.1. The standard InChI is InChI=1S/C42H42N4O/c1-8-34(28(3)46(9-2)33-16-11-10-12-17-33)29-22-23-43-37(27-29)31-24-30(25-32(26-31)42(4,5)6)35-19-15-20-38-40(35)44-41(45(38)7)36-18-13-14-21-39(36)47/h8,10-27,47H,1,9H2,2-7H3/b34-28-. The lowest BCUT2D eigenvalue weighted by Crippen LogP contribution is -2.21. The van der Waals surface area contributed by atoms with Crippen LogP contribution in [0.15, 0.2) is 128 Å². The fraction of sp³-hybridized carbons (Fsp3) is 0.190. The molecule has 0 saturated carbocycles. The Labute approximate surface area is 278 Å². The summed E-state index contributed by atoms with van der Waals surface area (Å²) in [6.45, 7) is 16.1. The van der Waals surface area contributed by atoms with E-state index in [1.807, 2.05) is 48.2 Å². The zero-order chi connectivity index (χ0) is 33.3. The second-order valence-corrected chi connectivity index (χ2v) is 12.9. The quantitative estimate of drug-likeness (QED) is 0.172. The third-order valence-electron chi connectivity index (χ3n) is 8.92. The topological polar surface area (TPSA) is 54.2 Å². The molecule has 0 spiro atoms. The normalized spacial score (nSPS) is 12.2. The lowest BCUT2D eigenvalue weighted by molar-refractivity contribution is 0.476. The molecule has 0 unspecified atom stereocenters. The first-order valence-electron chi connectivity index (χ1n) is 16.1. The minimum Gasteiger partial charge on any atom is -0.507 e. The number of fused-ring (bicyclic) bond motifs is 1. The van der Waals surface area contributed by atoms with Crippen molar-refractivity contribution in [3.8, 4) is 39.5 Å². The summed E-state index contributed by atoms with van der Waals surface area (Å²) in [5.74, 6) is 0.937. The number of phenolic OH excluding ortho intramolecular Hbond substituents is 1. The van der Waals surface area contributed by atoms with Crippen LogP contribution >= 0.6 is 0 Å². The van der Waals surface area contributed by atoms with E-state index in [1.54, 1.807) is 6.07 Å². The number of hydrogen-bond acceptors (Lipinski definition) is 4. The molecule has 6 aromatic rings. The number of aromatic hydroxyl groups is 1. The summed E-state index contributed by atoms with van der Waals surface area (Å²) in [5.41, 5.74) is 12.2. The van der Waals surface area contributed by atoms with Crippen molar-refractivity contribution in [1.29, 1.82) is 0 Å². The summed E-state index contributed by atoms with van der Waals surface area (Å²) in [6, 6.07) is 35.1. The second-order valence-electron chi connectivity index (χ2n) is 12.9. The van der Waals surface area contributed by atoms with Crippen LogP contribution in [0.5, 0.6) is 5.75 Å². The number of anilines is 1. The number of pyridine rings is 1. The van der Waals surface area contributed by atoms with Crippen LogP contribution in [0.25, 0.3) is 50.4 Å². The summed E-state index contributed by atoms with van der Waals surface area (Å²) < 4.78 is 2.05. The molecule has 0 aliphatic rings. The van der Waals surface area contributed by atoms with Crippen LogP contribution in [0, 0.1) is 0 Å². The molecular formula is C42H42N4O. The molecule has 47 heavy (non-hydrogen) atoms. The fourth-order valence-electron chi connectivity index (χ4n) is 6.31. The van der Waals surface area contributed by atoms with Crippen molar-refractivity contribution in [3.05, 3.63) is 139 Å². The molecule has 2 heterocycles. The number of imidazole rings is 1. The van der Waals surface area contributed by atoms with Crippen LogP contribution in [0.2, 0.25) is 0 Å². The average Bonchev–Trinajstić information content (AvgIpc) is 3.41. The molecule has 0 atom stereocenters. The summed E-state index contributed by atoms with van der Waals surface area (Å²) in [5, 5.41) is 10.6. The van der Waals surface area contributed by atoms with Gasteiger partial charge >= 0.3 is 0 Å². The fourth-order valence-corrected chi connectivity index (χ4v) is 6.31. The van der Waals surface area contributed by atoms with Gasteiger partial charge in [-0.2, -0.15) is 0 Å². The SMILES string of the molecule is C=C/C(=C(\C)N(CC)c1ccccc1)c1ccnc(-c2cc(-c3cccc4c3nc(-c3ccccc3O)n4C)cc(C(C)(C)C)c2)c1. The lowest BCUT2D eigenvalue weighted by Gasteiger charge is -2.26. The lowest BCUT2D eigenvalue weighted by atomic mass is 9.83. The van der Waals surface area contributed by atoms with E-state index >= 15 is 0 Å². The monoisotopic (exact) mass is 618 g/mol. The molecule has 5 nitrogen and oxygen atoms in total. The number of rotatable bonds is 8. The Hall–Kier alpha value is -5.42. The maximum Gasteiger partial charge on any atom is 0.144 e. The Morgan fingerprint density at radius 3 is 2.28 bits per heavy atom. The zero-order valence-corrected chi connectivity index (χ0v) is 28.1. The van der Waals surface area contributed by atoms with Gasteiger partial charge in [0.2, 0.25) is 0 Å². The van der Waals surface area contributed by atoms with Crippen LogP contribution in [-0.4, -0.2) is 26.2 Å². The number of benzene rings is 4. The molecule has 2 aromatic heterocycles. The van der Waals surface area contributed by atoms with Gasteiger partial charge in [0.25, 0.3) is 0 Å². The van der Waals surface area contributed by atoms with Gasteiger partial charge in [0, 0.05) is 47.9 Å². The number of allylic oxidation sites excluding steroid dienone is 3. The van der Waals surface area contributed by atoms with Crippen LogP contribution in [0.1, 0.15) is 45.7 Å². The van der Waals surface area contributed by atoms with Gasteiger partial charge in [-0.3, -0.25) is 4.98 Å². The van der Waals surface area contributed by atoms with Gasteiger partial charge < -0.3 is 14.6 Å². The first-order chi connectivity index (χ1) is 22.6. The van der Waals surface area contributed by atoms with E-state index in [2.05, 4.69) is 119 Å². The molecule has 1 N–H and O–H groups in total. The molecule has 0 aliphatic carbocycles. The predicted molar refractivity (Wildman–Crippen MR) is 197 cm³/mol. The maximum atomic E-state index is 10.6. The largest absolute Gasteiger partial charge is 0.507 e. The Morgan fingerprint density at radius 1 is 0.872 bits per heavy atom. The summed E-state index contributed by atoms with van der Waals surface area (Å²) in [6.07, 6.45) is 3.84. The van der Waals surface area contributed by atoms with E-state index < -0.39 is 0 Å². The van der Waals surface area contributed by atoms with Crippen LogP contribution in [-0.2, 0) is 12.5 Å². The Kier molecular flexibility index (Phi) is 8.57. The van der Waals surface area contributed by atoms with E-state index in [-0.39, 0.29) is 11.2 Å². The minimum absolute atomic E-state index is 0.0958. The van der Waals surface area contributed by atoms with Crippen molar-refractivity contribution < 1.29 is 5.11 Å². The number of nitrogens with zero attached hydrogens (tertiary/aromatic N) is 4. The molecule has 0 bridgehead atoms. The highest BCUT2D eigenvalue weighted by Gasteiger charge is 2.21. The van der Waals surface area contributed by atoms with E-state index in [1.165, 1.54) is 5.56 Å². The van der Waals surface area contributed by atoms with Gasteiger partial charge in [-0.05, 0) is 90.6 Å². The summed E-state index contributed by atoms with van der Waals surface area (Å²) >= 11 is 0. The molecule has 4 aromatic carbocycles. The van der Waals surface area contributed by atoms with Gasteiger partial charge in [0.1, 0.15) is 11.6 Å². The third kappa shape index (κ3) is 6.09. The third-order valence-corrected chi connectivity index (χ3v) is 8.92. The maximum absolute atomic E-state index is 10.6. The molecule has 5 heteroatoms. The summed E-state index contributed by atoms with van der Waals surface area (Å²) in [4.78, 5) is 12.3. The smallest absolute Gasteiger partial charge is 0.144 e. The Morgan fingerprint density at radius 2 is 1.57 bits per heavy atom. The molecule has 0 amide bonds. The molecular weight excluding hydrogens is 576 g/mol. The highest BCUT2D eigenvalue weighted by molar-refractivity contribution is 5.95. The molecule has 0 saturated heterocycles. The number of aromatic nitrogens is 3. The minimum atomic E-state index is -0.0958. The second kappa shape index (κ2) is 12.8. The highest BCUT2D eigenvalue weighted by atomic mass is 16.3. The van der Waals surface area contributed by atoms with Gasteiger partial charge in [-0.25, -0.2) is 4.98 Å². The molecule has 0 aliphatic heterocycles. The van der Waals surface area contributed by atoms with Crippen molar-refractivity contribution >= 4 is 22.3 Å².